The van der Waals surface area contributed by atoms with Crippen LogP contribution in [0.2, 0.25) is 0 Å². The third kappa shape index (κ3) is 6.61. The maximum atomic E-state index is 9.71. The van der Waals surface area contributed by atoms with Crippen LogP contribution in [0.1, 0.15) is 18.9 Å². The highest BCUT2D eigenvalue weighted by Gasteiger charge is 2.04. The largest absolute Gasteiger partial charge is 0.491 e. The van der Waals surface area contributed by atoms with Crippen molar-refractivity contribution in [2.24, 2.45) is 0 Å². The molecule has 0 bridgehead atoms. The van der Waals surface area contributed by atoms with E-state index < -0.39 is 6.10 Å². The first kappa shape index (κ1) is 15.2. The smallest absolute Gasteiger partial charge is 0.119 e. The Hall–Kier alpha value is -1.83. The minimum atomic E-state index is -0.541. The van der Waals surface area contributed by atoms with Gasteiger partial charge in [-0.1, -0.05) is 12.2 Å². The van der Waals surface area contributed by atoms with Crippen LogP contribution in [0.5, 0.6) is 5.75 Å². The molecule has 0 aliphatic carbocycles. The highest BCUT2D eigenvalue weighted by atomic mass is 16.5. The van der Waals surface area contributed by atoms with Gasteiger partial charge in [0, 0.05) is 6.54 Å². The standard InChI is InChI=1S/C15H20N2O2/c1-2-3-4-9-17-11-14(18)12-19-15-7-5-13(10-16)6-8-15/h2-3,5-8,14,17-18H,4,9,11-12H2,1H3/b3-2+. The van der Waals surface area contributed by atoms with Crippen molar-refractivity contribution in [2.75, 3.05) is 19.7 Å². The molecule has 102 valence electrons. The molecule has 0 aromatic heterocycles. The molecular weight excluding hydrogens is 240 g/mol. The van der Waals surface area contributed by atoms with Gasteiger partial charge in [-0.3, -0.25) is 0 Å². The molecule has 4 nitrogen and oxygen atoms in total. The summed E-state index contributed by atoms with van der Waals surface area (Å²) in [5.74, 6) is 0.659. The van der Waals surface area contributed by atoms with E-state index in [4.69, 9.17) is 10.00 Å². The Morgan fingerprint density at radius 1 is 1.42 bits per heavy atom. The lowest BCUT2D eigenvalue weighted by molar-refractivity contribution is 0.107. The molecule has 1 aromatic rings. The van der Waals surface area contributed by atoms with Gasteiger partial charge in [0.25, 0.3) is 0 Å². The van der Waals surface area contributed by atoms with Crippen LogP contribution < -0.4 is 10.1 Å². The van der Waals surface area contributed by atoms with E-state index in [1.807, 2.05) is 19.1 Å². The molecule has 0 fully saturated rings. The first-order valence-corrected chi connectivity index (χ1v) is 6.39. The Morgan fingerprint density at radius 3 is 2.79 bits per heavy atom. The van der Waals surface area contributed by atoms with Gasteiger partial charge in [0.1, 0.15) is 18.5 Å². The van der Waals surface area contributed by atoms with Gasteiger partial charge in [0.2, 0.25) is 0 Å². The molecule has 4 heteroatoms. The van der Waals surface area contributed by atoms with Gasteiger partial charge in [-0.05, 0) is 44.2 Å². The molecular formula is C15H20N2O2. The second-order valence-electron chi connectivity index (χ2n) is 4.16. The number of rotatable bonds is 8. The SMILES string of the molecule is C/C=C/CCNCC(O)COc1ccc(C#N)cc1. The predicted molar refractivity (Wildman–Crippen MR) is 75.0 cm³/mol. The molecule has 0 spiro atoms. The fraction of sp³-hybridized carbons (Fsp3) is 0.400. The lowest BCUT2D eigenvalue weighted by Gasteiger charge is -2.13. The lowest BCUT2D eigenvalue weighted by Crippen LogP contribution is -2.31. The minimum Gasteiger partial charge on any atom is -0.491 e. The number of nitriles is 1. The summed E-state index contributed by atoms with van der Waals surface area (Å²) in [6.07, 6.45) is 4.50. The Kier molecular flexibility index (Phi) is 7.33. The minimum absolute atomic E-state index is 0.239. The van der Waals surface area contributed by atoms with Crippen molar-refractivity contribution in [1.82, 2.24) is 5.32 Å². The van der Waals surface area contributed by atoms with Gasteiger partial charge in [0.15, 0.2) is 0 Å². The quantitative estimate of drug-likeness (QED) is 0.553. The van der Waals surface area contributed by atoms with E-state index in [2.05, 4.69) is 11.4 Å². The summed E-state index contributed by atoms with van der Waals surface area (Å²) in [5, 5.41) is 21.5. The van der Waals surface area contributed by atoms with E-state index in [0.29, 0.717) is 17.9 Å². The first-order chi connectivity index (χ1) is 9.26. The summed E-state index contributed by atoms with van der Waals surface area (Å²) >= 11 is 0. The van der Waals surface area contributed by atoms with Crippen molar-refractivity contribution in [3.8, 4) is 11.8 Å². The first-order valence-electron chi connectivity index (χ1n) is 6.39. The number of nitrogens with one attached hydrogen (secondary N) is 1. The number of aliphatic hydroxyl groups excluding tert-OH is 1. The van der Waals surface area contributed by atoms with Gasteiger partial charge < -0.3 is 15.2 Å². The van der Waals surface area contributed by atoms with Crippen molar-refractivity contribution in [3.05, 3.63) is 42.0 Å². The van der Waals surface area contributed by atoms with E-state index in [-0.39, 0.29) is 6.61 Å². The zero-order valence-electron chi connectivity index (χ0n) is 11.2. The number of benzene rings is 1. The second-order valence-corrected chi connectivity index (χ2v) is 4.16. The lowest BCUT2D eigenvalue weighted by atomic mass is 10.2. The van der Waals surface area contributed by atoms with Crippen LogP contribution in [0, 0.1) is 11.3 Å². The fourth-order valence-corrected chi connectivity index (χ4v) is 1.50. The predicted octanol–water partition coefficient (Wildman–Crippen LogP) is 1.85. The highest BCUT2D eigenvalue weighted by Crippen LogP contribution is 2.11. The van der Waals surface area contributed by atoms with Crippen molar-refractivity contribution >= 4 is 0 Å². The monoisotopic (exact) mass is 260 g/mol. The molecule has 1 atom stereocenters. The van der Waals surface area contributed by atoms with Crippen molar-refractivity contribution < 1.29 is 9.84 Å². The molecule has 0 aliphatic heterocycles. The van der Waals surface area contributed by atoms with Crippen LogP contribution in [0.15, 0.2) is 36.4 Å². The van der Waals surface area contributed by atoms with Crippen LogP contribution in [-0.4, -0.2) is 30.9 Å². The summed E-state index contributed by atoms with van der Waals surface area (Å²) < 4.78 is 5.43. The number of aliphatic hydroxyl groups is 1. The number of ether oxygens (including phenoxy) is 1. The van der Waals surface area contributed by atoms with Crippen LogP contribution in [0.3, 0.4) is 0 Å². The Morgan fingerprint density at radius 2 is 2.16 bits per heavy atom. The molecule has 0 heterocycles. The molecule has 19 heavy (non-hydrogen) atoms. The Balaban J connectivity index is 2.18. The van der Waals surface area contributed by atoms with Crippen LogP contribution in [-0.2, 0) is 0 Å². The van der Waals surface area contributed by atoms with E-state index in [0.717, 1.165) is 13.0 Å². The van der Waals surface area contributed by atoms with Crippen LogP contribution >= 0.6 is 0 Å². The van der Waals surface area contributed by atoms with Crippen LogP contribution in [0.25, 0.3) is 0 Å². The molecule has 0 radical (unpaired) electrons. The van der Waals surface area contributed by atoms with E-state index in [1.54, 1.807) is 24.3 Å². The molecule has 1 rings (SSSR count). The zero-order valence-corrected chi connectivity index (χ0v) is 11.2. The van der Waals surface area contributed by atoms with Crippen LogP contribution in [0.4, 0.5) is 0 Å². The maximum Gasteiger partial charge on any atom is 0.119 e. The average molecular weight is 260 g/mol. The van der Waals surface area contributed by atoms with Gasteiger partial charge >= 0.3 is 0 Å². The van der Waals surface area contributed by atoms with Crippen molar-refractivity contribution in [3.63, 3.8) is 0 Å². The summed E-state index contributed by atoms with van der Waals surface area (Å²) in [5.41, 5.74) is 0.596. The van der Waals surface area contributed by atoms with Gasteiger partial charge in [0.05, 0.1) is 11.6 Å². The van der Waals surface area contributed by atoms with E-state index in [1.165, 1.54) is 0 Å². The van der Waals surface area contributed by atoms with Crippen molar-refractivity contribution in [2.45, 2.75) is 19.4 Å². The van der Waals surface area contributed by atoms with Gasteiger partial charge in [-0.15, -0.1) is 0 Å². The van der Waals surface area contributed by atoms with Crippen molar-refractivity contribution in [1.29, 1.82) is 5.26 Å². The number of hydrogen-bond acceptors (Lipinski definition) is 4. The van der Waals surface area contributed by atoms with E-state index in [9.17, 15) is 5.11 Å². The van der Waals surface area contributed by atoms with Gasteiger partial charge in [-0.25, -0.2) is 0 Å². The maximum absolute atomic E-state index is 9.71. The summed E-state index contributed by atoms with van der Waals surface area (Å²) in [7, 11) is 0. The number of nitrogens with zero attached hydrogens (tertiary/aromatic N) is 1. The molecule has 2 N–H and O–H groups in total. The third-order valence-corrected chi connectivity index (χ3v) is 2.53. The molecule has 0 aliphatic rings. The van der Waals surface area contributed by atoms with Gasteiger partial charge in [-0.2, -0.15) is 5.26 Å². The summed E-state index contributed by atoms with van der Waals surface area (Å²) in [6, 6.07) is 8.88. The molecule has 0 saturated carbocycles. The second kappa shape index (κ2) is 9.15. The normalized spacial score (nSPS) is 12.3. The number of allylic oxidation sites excluding steroid dienone is 1. The average Bonchev–Trinajstić information content (AvgIpc) is 2.45. The third-order valence-electron chi connectivity index (χ3n) is 2.53. The molecule has 1 unspecified atom stereocenters. The topological polar surface area (TPSA) is 65.3 Å². The summed E-state index contributed by atoms with van der Waals surface area (Å²) in [4.78, 5) is 0. The number of hydrogen-bond donors (Lipinski definition) is 2. The zero-order chi connectivity index (χ0) is 13.9. The Bertz CT molecular complexity index is 421. The summed E-state index contributed by atoms with van der Waals surface area (Å²) in [6.45, 7) is 3.58. The molecule has 0 amide bonds. The fourth-order valence-electron chi connectivity index (χ4n) is 1.50. The molecule has 0 saturated heterocycles. The highest BCUT2D eigenvalue weighted by molar-refractivity contribution is 5.34. The van der Waals surface area contributed by atoms with E-state index >= 15 is 0 Å². The molecule has 1 aromatic carbocycles. The Labute approximate surface area is 114 Å².